The molecule has 13 heavy (non-hydrogen) atoms. The van der Waals surface area contributed by atoms with Crippen LogP contribution >= 0.6 is 0 Å². The smallest absolute Gasteiger partial charge is 1.00 e. The molecule has 4 heteroatoms. The fourth-order valence-corrected chi connectivity index (χ4v) is 1.63. The van der Waals surface area contributed by atoms with Crippen LogP contribution in [-0.4, -0.2) is 31.4 Å². The Labute approximate surface area is 108 Å². The van der Waals surface area contributed by atoms with E-state index in [0.29, 0.717) is 0 Å². The molecular weight excluding hydrogens is 256 g/mol. The Balaban J connectivity index is 0. The summed E-state index contributed by atoms with van der Waals surface area (Å²) >= 11 is 0. The van der Waals surface area contributed by atoms with Gasteiger partial charge in [-0.3, -0.25) is 0 Å². The molecule has 1 aromatic rings. The van der Waals surface area contributed by atoms with Crippen LogP contribution < -0.4 is 21.4 Å². The molecule has 0 aromatic heterocycles. The number of hydrogen-bond donors (Lipinski definition) is 0. The second-order valence-corrected chi connectivity index (χ2v) is 7.88. The SMILES string of the molecule is C[Si](C)(C)Oc1c[c-]ccc1.[Br-].[Mg+2]. The van der Waals surface area contributed by atoms with Gasteiger partial charge in [-0.25, -0.2) is 0 Å². The minimum Gasteiger partial charge on any atom is -1.00 e. The zero-order valence-corrected chi connectivity index (χ0v) is 12.3. The van der Waals surface area contributed by atoms with Crippen molar-refractivity contribution in [2.24, 2.45) is 0 Å². The summed E-state index contributed by atoms with van der Waals surface area (Å²) < 4.78 is 5.71. The summed E-state index contributed by atoms with van der Waals surface area (Å²) in [5.74, 6) is 0.937. The van der Waals surface area contributed by atoms with Crippen LogP contribution in [0.1, 0.15) is 0 Å². The summed E-state index contributed by atoms with van der Waals surface area (Å²) in [5.41, 5.74) is 0. The van der Waals surface area contributed by atoms with Gasteiger partial charge in [-0.1, -0.05) is 0 Å². The number of hydrogen-bond acceptors (Lipinski definition) is 1. The Hall–Kier alpha value is 0.483. The molecule has 0 saturated carbocycles. The van der Waals surface area contributed by atoms with Crippen LogP contribution in [-0.2, 0) is 0 Å². The van der Waals surface area contributed by atoms with Crippen LogP contribution in [0, 0.1) is 6.07 Å². The van der Waals surface area contributed by atoms with E-state index in [1.165, 1.54) is 0 Å². The molecule has 0 saturated heterocycles. The average Bonchev–Trinajstić information content (AvgIpc) is 1.85. The van der Waals surface area contributed by atoms with Gasteiger partial charge in [-0.05, 0) is 25.4 Å². The fraction of sp³-hybridized carbons (Fsp3) is 0.333. The van der Waals surface area contributed by atoms with Gasteiger partial charge in [0.15, 0.2) is 0 Å². The summed E-state index contributed by atoms with van der Waals surface area (Å²) in [6.45, 7) is 6.50. The summed E-state index contributed by atoms with van der Waals surface area (Å²) in [4.78, 5) is 0. The third kappa shape index (κ3) is 7.55. The Morgan fingerprint density at radius 3 is 2.31 bits per heavy atom. The maximum absolute atomic E-state index is 5.71. The second-order valence-electron chi connectivity index (χ2n) is 3.45. The molecule has 0 aliphatic rings. The van der Waals surface area contributed by atoms with E-state index in [4.69, 9.17) is 4.43 Å². The van der Waals surface area contributed by atoms with Crippen LogP contribution in [0.4, 0.5) is 0 Å². The van der Waals surface area contributed by atoms with E-state index in [2.05, 4.69) is 25.7 Å². The summed E-state index contributed by atoms with van der Waals surface area (Å²) in [7, 11) is -1.42. The average molecular weight is 269 g/mol. The van der Waals surface area contributed by atoms with E-state index >= 15 is 0 Å². The van der Waals surface area contributed by atoms with Crippen molar-refractivity contribution in [3.05, 3.63) is 30.3 Å². The predicted octanol–water partition coefficient (Wildman–Crippen LogP) is -0.676. The van der Waals surface area contributed by atoms with Crippen LogP contribution in [0.3, 0.4) is 0 Å². The largest absolute Gasteiger partial charge is 2.00 e. The summed E-state index contributed by atoms with van der Waals surface area (Å²) in [5, 5.41) is 0. The van der Waals surface area contributed by atoms with Gasteiger partial charge in [-0.15, -0.1) is 12.1 Å². The molecular formula is C9H13BrMgOSi. The van der Waals surface area contributed by atoms with Gasteiger partial charge in [0.1, 0.15) is 0 Å². The van der Waals surface area contributed by atoms with Crippen molar-refractivity contribution >= 4 is 31.4 Å². The zero-order chi connectivity index (χ0) is 8.32. The van der Waals surface area contributed by atoms with Gasteiger partial charge in [-0.2, -0.15) is 18.2 Å². The van der Waals surface area contributed by atoms with Gasteiger partial charge >= 0.3 is 23.1 Å². The third-order valence-electron chi connectivity index (χ3n) is 1.10. The molecule has 0 N–H and O–H groups in total. The first-order chi connectivity index (χ1) is 5.08. The fourth-order valence-electron chi connectivity index (χ4n) is 0.794. The standard InChI is InChI=1S/C9H13OSi.BrH.Mg/c1-11(2,3)10-9-7-5-4-6-8-9;;/h4-5,7-8H,1-3H3;1H;/q-1;;+2/p-1. The first-order valence-corrected chi connectivity index (χ1v) is 7.14. The van der Waals surface area contributed by atoms with Crippen molar-refractivity contribution in [3.8, 4) is 5.75 Å². The maximum atomic E-state index is 5.71. The molecule has 0 aliphatic heterocycles. The molecule has 0 heterocycles. The summed E-state index contributed by atoms with van der Waals surface area (Å²) in [6.07, 6.45) is 0. The van der Waals surface area contributed by atoms with Crippen LogP contribution in [0.5, 0.6) is 5.75 Å². The number of halogens is 1. The van der Waals surface area contributed by atoms with Crippen molar-refractivity contribution in [2.75, 3.05) is 0 Å². The topological polar surface area (TPSA) is 9.23 Å². The molecule has 0 aliphatic carbocycles. The Morgan fingerprint density at radius 2 is 1.92 bits per heavy atom. The van der Waals surface area contributed by atoms with E-state index in [9.17, 15) is 0 Å². The Kier molecular flexibility index (Phi) is 8.42. The third-order valence-corrected chi connectivity index (χ3v) is 1.95. The van der Waals surface area contributed by atoms with Crippen molar-refractivity contribution in [2.45, 2.75) is 19.6 Å². The maximum Gasteiger partial charge on any atom is 2.00 e. The van der Waals surface area contributed by atoms with Gasteiger partial charge in [0.25, 0.3) is 0 Å². The predicted molar refractivity (Wildman–Crippen MR) is 55.0 cm³/mol. The van der Waals surface area contributed by atoms with Gasteiger partial charge in [0, 0.05) is 0 Å². The zero-order valence-electron chi connectivity index (χ0n) is 8.30. The van der Waals surface area contributed by atoms with Crippen LogP contribution in [0.15, 0.2) is 24.3 Å². The second kappa shape index (κ2) is 6.87. The van der Waals surface area contributed by atoms with Crippen molar-refractivity contribution in [1.29, 1.82) is 0 Å². The van der Waals surface area contributed by atoms with Crippen molar-refractivity contribution in [1.82, 2.24) is 0 Å². The van der Waals surface area contributed by atoms with Crippen LogP contribution in [0.2, 0.25) is 19.6 Å². The molecule has 0 bridgehead atoms. The van der Waals surface area contributed by atoms with E-state index in [1.54, 1.807) is 0 Å². The van der Waals surface area contributed by atoms with Gasteiger partial charge < -0.3 is 21.4 Å². The normalized spacial score (nSPS) is 9.46. The van der Waals surface area contributed by atoms with E-state index < -0.39 is 8.32 Å². The van der Waals surface area contributed by atoms with E-state index in [0.717, 1.165) is 5.75 Å². The Morgan fingerprint density at radius 1 is 1.31 bits per heavy atom. The monoisotopic (exact) mass is 268 g/mol. The minimum absolute atomic E-state index is 0. The molecule has 0 atom stereocenters. The van der Waals surface area contributed by atoms with Crippen molar-refractivity contribution < 1.29 is 21.4 Å². The first-order valence-electron chi connectivity index (χ1n) is 3.73. The van der Waals surface area contributed by atoms with Crippen LogP contribution in [0.25, 0.3) is 0 Å². The van der Waals surface area contributed by atoms with E-state index in [-0.39, 0.29) is 40.0 Å². The number of rotatable bonds is 2. The molecule has 68 valence electrons. The van der Waals surface area contributed by atoms with Gasteiger partial charge in [0.05, 0.1) is 0 Å². The minimum atomic E-state index is -1.42. The molecule has 0 unspecified atom stereocenters. The first kappa shape index (κ1) is 15.9. The molecule has 1 aromatic carbocycles. The molecule has 0 spiro atoms. The molecule has 0 fully saturated rings. The molecule has 1 nitrogen and oxygen atoms in total. The Bertz CT molecular complexity index is 223. The summed E-state index contributed by atoms with van der Waals surface area (Å²) in [6, 6.07) is 10.6. The van der Waals surface area contributed by atoms with E-state index in [1.807, 2.05) is 24.3 Å². The van der Waals surface area contributed by atoms with Crippen molar-refractivity contribution in [3.63, 3.8) is 0 Å². The van der Waals surface area contributed by atoms with Gasteiger partial charge in [0.2, 0.25) is 8.32 Å². The number of benzene rings is 1. The molecule has 1 rings (SSSR count). The quantitative estimate of drug-likeness (QED) is 0.511. The molecule has 0 amide bonds. The molecule has 0 radical (unpaired) electrons.